The van der Waals surface area contributed by atoms with Crippen LogP contribution in [0.25, 0.3) is 0 Å². The molecule has 1 N–H and O–H groups in total. The normalized spacial score (nSPS) is 25.2. The Morgan fingerprint density at radius 2 is 1.92 bits per heavy atom. The molecule has 0 saturated heterocycles. The van der Waals surface area contributed by atoms with E-state index >= 15 is 0 Å². The van der Waals surface area contributed by atoms with Gasteiger partial charge in [-0.2, -0.15) is 0 Å². The largest absolute Gasteiger partial charge is 0.393 e. The lowest BCUT2D eigenvalue weighted by Gasteiger charge is -2.39. The number of hydrogen-bond acceptors (Lipinski definition) is 1. The fourth-order valence-corrected chi connectivity index (χ4v) is 3.39. The van der Waals surface area contributed by atoms with Gasteiger partial charge < -0.3 is 5.11 Å². The molecule has 2 heteroatoms. The first kappa shape index (κ1) is 10.8. The zero-order valence-corrected chi connectivity index (χ0v) is 10.0. The number of rotatable bonds is 3. The van der Waals surface area contributed by atoms with Crippen LogP contribution in [0.15, 0.2) is 0 Å². The highest BCUT2D eigenvalue weighted by atomic mass is 127. The van der Waals surface area contributed by atoms with Crippen LogP contribution in [0.2, 0.25) is 0 Å². The number of hydrogen-bond donors (Lipinski definition) is 1. The summed E-state index contributed by atoms with van der Waals surface area (Å²) in [6.45, 7) is 1.97. The minimum atomic E-state index is -0.104. The van der Waals surface area contributed by atoms with Crippen LogP contribution in [0.1, 0.15) is 45.4 Å². The second-order valence-corrected chi connectivity index (χ2v) is 5.12. The van der Waals surface area contributed by atoms with Crippen LogP contribution in [0.4, 0.5) is 0 Å². The van der Waals surface area contributed by atoms with Crippen molar-refractivity contribution in [3.63, 3.8) is 0 Å². The van der Waals surface area contributed by atoms with E-state index in [2.05, 4.69) is 22.6 Å². The standard InChI is InChI=1S/C10H19IO/c1-9(12)10(7-8-11)5-3-2-4-6-10/h9,12H,2-8H2,1H3. The Hall–Kier alpha value is 0.690. The first-order valence-electron chi connectivity index (χ1n) is 4.95. The van der Waals surface area contributed by atoms with Gasteiger partial charge in [-0.3, -0.25) is 0 Å². The van der Waals surface area contributed by atoms with Crippen LogP contribution < -0.4 is 0 Å². The van der Waals surface area contributed by atoms with Gasteiger partial charge >= 0.3 is 0 Å². The predicted molar refractivity (Wildman–Crippen MR) is 60.7 cm³/mol. The van der Waals surface area contributed by atoms with Crippen molar-refractivity contribution < 1.29 is 5.11 Å². The molecule has 0 radical (unpaired) electrons. The van der Waals surface area contributed by atoms with Gasteiger partial charge in [0, 0.05) is 4.43 Å². The van der Waals surface area contributed by atoms with Crippen molar-refractivity contribution in [3.8, 4) is 0 Å². The van der Waals surface area contributed by atoms with Crippen molar-refractivity contribution in [2.45, 2.75) is 51.6 Å². The maximum Gasteiger partial charge on any atom is 0.0568 e. The van der Waals surface area contributed by atoms with E-state index in [-0.39, 0.29) is 11.5 Å². The van der Waals surface area contributed by atoms with Crippen molar-refractivity contribution in [2.24, 2.45) is 5.41 Å². The molecule has 1 saturated carbocycles. The van der Waals surface area contributed by atoms with Gasteiger partial charge in [-0.1, -0.05) is 41.9 Å². The van der Waals surface area contributed by atoms with Crippen molar-refractivity contribution in [1.29, 1.82) is 0 Å². The summed E-state index contributed by atoms with van der Waals surface area (Å²) in [4.78, 5) is 0. The van der Waals surface area contributed by atoms with Gasteiger partial charge in [-0.25, -0.2) is 0 Å². The van der Waals surface area contributed by atoms with Gasteiger partial charge in [-0.15, -0.1) is 0 Å². The van der Waals surface area contributed by atoms with E-state index < -0.39 is 0 Å². The van der Waals surface area contributed by atoms with E-state index in [1.165, 1.54) is 43.0 Å². The zero-order valence-electron chi connectivity index (χ0n) is 7.85. The monoisotopic (exact) mass is 282 g/mol. The molecule has 1 atom stereocenters. The molecule has 1 aliphatic carbocycles. The van der Waals surface area contributed by atoms with Crippen LogP contribution in [0, 0.1) is 5.41 Å². The SMILES string of the molecule is CC(O)C1(CCI)CCCCC1. The predicted octanol–water partition coefficient (Wildman–Crippen LogP) is 3.14. The highest BCUT2D eigenvalue weighted by Gasteiger charge is 2.35. The second-order valence-electron chi connectivity index (χ2n) is 4.04. The van der Waals surface area contributed by atoms with Crippen molar-refractivity contribution in [3.05, 3.63) is 0 Å². The zero-order chi connectivity index (χ0) is 9.03. The van der Waals surface area contributed by atoms with Crippen LogP contribution in [0.3, 0.4) is 0 Å². The van der Waals surface area contributed by atoms with Crippen LogP contribution in [-0.4, -0.2) is 15.6 Å². The molecule has 1 nitrogen and oxygen atoms in total. The fraction of sp³-hybridized carbons (Fsp3) is 1.00. The van der Waals surface area contributed by atoms with E-state index in [4.69, 9.17) is 0 Å². The number of alkyl halides is 1. The first-order chi connectivity index (χ1) is 5.71. The lowest BCUT2D eigenvalue weighted by molar-refractivity contribution is 0.00707. The van der Waals surface area contributed by atoms with E-state index in [0.29, 0.717) is 0 Å². The third kappa shape index (κ3) is 2.34. The molecular weight excluding hydrogens is 263 g/mol. The maximum absolute atomic E-state index is 9.76. The van der Waals surface area contributed by atoms with E-state index in [1.54, 1.807) is 0 Å². The Morgan fingerprint density at radius 3 is 2.33 bits per heavy atom. The highest BCUT2D eigenvalue weighted by Crippen LogP contribution is 2.42. The Morgan fingerprint density at radius 1 is 1.33 bits per heavy atom. The molecule has 0 aliphatic heterocycles. The smallest absolute Gasteiger partial charge is 0.0568 e. The minimum absolute atomic E-state index is 0.104. The Bertz CT molecular complexity index is 122. The molecule has 1 unspecified atom stereocenters. The summed E-state index contributed by atoms with van der Waals surface area (Å²) in [6.07, 6.45) is 7.60. The van der Waals surface area contributed by atoms with Crippen LogP contribution >= 0.6 is 22.6 Å². The summed E-state index contributed by atoms with van der Waals surface area (Å²) >= 11 is 2.42. The molecule has 0 amide bonds. The van der Waals surface area contributed by atoms with Gasteiger partial charge in [0.2, 0.25) is 0 Å². The molecule has 0 aromatic heterocycles. The van der Waals surface area contributed by atoms with E-state index in [0.717, 1.165) is 0 Å². The third-order valence-electron chi connectivity index (χ3n) is 3.33. The summed E-state index contributed by atoms with van der Waals surface area (Å²) in [5, 5.41) is 9.76. The average molecular weight is 282 g/mol. The molecule has 0 spiro atoms. The van der Waals surface area contributed by atoms with Gasteiger partial charge in [-0.05, 0) is 31.6 Å². The summed E-state index contributed by atoms with van der Waals surface area (Å²) in [7, 11) is 0. The lowest BCUT2D eigenvalue weighted by atomic mass is 9.69. The van der Waals surface area contributed by atoms with Crippen LogP contribution in [-0.2, 0) is 0 Å². The Balaban J connectivity index is 2.56. The number of aliphatic hydroxyl groups is 1. The molecule has 0 aromatic rings. The maximum atomic E-state index is 9.76. The Kier molecular flexibility index (Phi) is 4.30. The summed E-state index contributed by atoms with van der Waals surface area (Å²) in [5.74, 6) is 0. The molecular formula is C10H19IO. The molecule has 1 aliphatic rings. The molecule has 0 bridgehead atoms. The molecule has 0 heterocycles. The quantitative estimate of drug-likeness (QED) is 0.623. The van der Waals surface area contributed by atoms with E-state index in [1.807, 2.05) is 6.92 Å². The van der Waals surface area contributed by atoms with Crippen LogP contribution in [0.5, 0.6) is 0 Å². The summed E-state index contributed by atoms with van der Waals surface area (Å²) < 4.78 is 1.18. The van der Waals surface area contributed by atoms with E-state index in [9.17, 15) is 5.11 Å². The highest BCUT2D eigenvalue weighted by molar-refractivity contribution is 14.1. The third-order valence-corrected chi connectivity index (χ3v) is 3.87. The fourth-order valence-electron chi connectivity index (χ4n) is 2.32. The topological polar surface area (TPSA) is 20.2 Å². The van der Waals surface area contributed by atoms with Gasteiger partial charge in [0.05, 0.1) is 6.10 Å². The summed E-state index contributed by atoms with van der Waals surface area (Å²) in [6, 6.07) is 0. The van der Waals surface area contributed by atoms with Crippen molar-refractivity contribution in [2.75, 3.05) is 4.43 Å². The lowest BCUT2D eigenvalue weighted by Crippen LogP contribution is -2.35. The molecule has 1 fully saturated rings. The van der Waals surface area contributed by atoms with Crippen molar-refractivity contribution >= 4 is 22.6 Å². The second kappa shape index (κ2) is 4.80. The number of halogens is 1. The number of aliphatic hydroxyl groups excluding tert-OH is 1. The molecule has 1 rings (SSSR count). The van der Waals surface area contributed by atoms with Gasteiger partial charge in [0.25, 0.3) is 0 Å². The van der Waals surface area contributed by atoms with Gasteiger partial charge in [0.1, 0.15) is 0 Å². The first-order valence-corrected chi connectivity index (χ1v) is 6.48. The van der Waals surface area contributed by atoms with Crippen molar-refractivity contribution in [1.82, 2.24) is 0 Å². The Labute approximate surface area is 89.1 Å². The van der Waals surface area contributed by atoms with Gasteiger partial charge in [0.15, 0.2) is 0 Å². The molecule has 12 heavy (non-hydrogen) atoms. The summed E-state index contributed by atoms with van der Waals surface area (Å²) in [5.41, 5.74) is 0.277. The molecule has 0 aromatic carbocycles. The average Bonchev–Trinajstić information content (AvgIpc) is 2.06. The molecule has 72 valence electrons. The minimum Gasteiger partial charge on any atom is -0.393 e.